The van der Waals surface area contributed by atoms with Gasteiger partial charge in [0, 0.05) is 31.2 Å². The summed E-state index contributed by atoms with van der Waals surface area (Å²) in [6, 6.07) is 1.05. The van der Waals surface area contributed by atoms with Crippen LogP contribution in [0.15, 0.2) is 36.8 Å². The quantitative estimate of drug-likeness (QED) is 0.133. The number of hydrogen-bond donors (Lipinski definition) is 8. The number of nitrogens with one attached hydrogen (secondary N) is 4. The van der Waals surface area contributed by atoms with E-state index in [-0.39, 0.29) is 31.4 Å². The van der Waals surface area contributed by atoms with Gasteiger partial charge in [-0.3, -0.25) is 19.2 Å². The molecule has 0 fully saturated rings. The van der Waals surface area contributed by atoms with Crippen molar-refractivity contribution >= 4 is 29.7 Å². The van der Waals surface area contributed by atoms with E-state index in [9.17, 15) is 34.2 Å². The van der Waals surface area contributed by atoms with Gasteiger partial charge in [0.05, 0.1) is 12.4 Å². The predicted molar refractivity (Wildman–Crippen MR) is 142 cm³/mol. The molecule has 2 rings (SSSR count). The molecule has 0 aliphatic heterocycles. The second-order valence-corrected chi connectivity index (χ2v) is 9.52. The van der Waals surface area contributed by atoms with Crippen molar-refractivity contribution in [1.29, 1.82) is 0 Å². The maximum Gasteiger partial charge on any atom is 0.326 e. The molecule has 1 aromatic heterocycles. The molecule has 5 unspecified atom stereocenters. The van der Waals surface area contributed by atoms with Crippen molar-refractivity contribution in [3.63, 3.8) is 0 Å². The molecule has 218 valence electrons. The summed E-state index contributed by atoms with van der Waals surface area (Å²) in [4.78, 5) is 68.7. The monoisotopic (exact) mass is 560 g/mol. The highest BCUT2D eigenvalue weighted by Gasteiger charge is 2.33. The van der Waals surface area contributed by atoms with Crippen LogP contribution in [0.2, 0.25) is 0 Å². The molecule has 0 saturated heterocycles. The fraction of sp³-hybridized carbons (Fsp3) is 0.462. The number of H-pyrrole nitrogens is 1. The molecular formula is C26H36N6O8. The highest BCUT2D eigenvalue weighted by Crippen LogP contribution is 2.13. The van der Waals surface area contributed by atoms with Gasteiger partial charge in [-0.1, -0.05) is 32.4 Å². The summed E-state index contributed by atoms with van der Waals surface area (Å²) >= 11 is 0. The third-order valence-electron chi connectivity index (χ3n) is 6.40. The second kappa shape index (κ2) is 15.2. The van der Waals surface area contributed by atoms with Gasteiger partial charge in [0.15, 0.2) is 0 Å². The Kier molecular flexibility index (Phi) is 12.1. The fourth-order valence-electron chi connectivity index (χ4n) is 3.80. The molecule has 5 atom stereocenters. The third kappa shape index (κ3) is 10.0. The lowest BCUT2D eigenvalue weighted by Gasteiger charge is -2.28. The maximum atomic E-state index is 13.4. The van der Waals surface area contributed by atoms with Gasteiger partial charge in [-0.25, -0.2) is 9.78 Å². The fourth-order valence-corrected chi connectivity index (χ4v) is 3.80. The molecule has 0 aliphatic carbocycles. The Bertz CT molecular complexity index is 1150. The smallest absolute Gasteiger partial charge is 0.326 e. The van der Waals surface area contributed by atoms with E-state index in [1.54, 1.807) is 13.8 Å². The van der Waals surface area contributed by atoms with Crippen molar-refractivity contribution in [3.05, 3.63) is 48.0 Å². The number of carboxylic acids is 2. The first-order valence-corrected chi connectivity index (χ1v) is 12.8. The van der Waals surface area contributed by atoms with Crippen molar-refractivity contribution in [1.82, 2.24) is 25.9 Å². The topological polar surface area (TPSA) is 237 Å². The van der Waals surface area contributed by atoms with Crippen molar-refractivity contribution < 1.29 is 39.3 Å². The number of aromatic amines is 1. The van der Waals surface area contributed by atoms with Crippen LogP contribution in [-0.4, -0.2) is 79.1 Å². The number of phenolic OH excluding ortho intramolecular Hbond substituents is 1. The molecule has 1 aromatic carbocycles. The third-order valence-corrected chi connectivity index (χ3v) is 6.40. The van der Waals surface area contributed by atoms with Gasteiger partial charge in [0.2, 0.25) is 17.7 Å². The minimum absolute atomic E-state index is 0.0128. The number of imidazole rings is 1. The lowest BCUT2D eigenvalue weighted by Crippen LogP contribution is -2.59. The van der Waals surface area contributed by atoms with E-state index in [0.717, 1.165) is 0 Å². The molecule has 0 bridgehead atoms. The number of amides is 3. The first kappa shape index (κ1) is 31.8. The summed E-state index contributed by atoms with van der Waals surface area (Å²) in [6.07, 6.45) is 2.74. The lowest BCUT2D eigenvalue weighted by atomic mass is 9.96. The van der Waals surface area contributed by atoms with E-state index < -0.39 is 59.7 Å². The number of aliphatic carboxylic acids is 2. The molecule has 14 nitrogen and oxygen atoms in total. The van der Waals surface area contributed by atoms with Crippen LogP contribution in [-0.2, 0) is 36.8 Å². The van der Waals surface area contributed by atoms with Gasteiger partial charge in [-0.15, -0.1) is 0 Å². The normalized spacial score (nSPS) is 14.7. The number of carboxylic acid groups (broad SMARTS) is 2. The van der Waals surface area contributed by atoms with Gasteiger partial charge >= 0.3 is 11.9 Å². The van der Waals surface area contributed by atoms with Crippen molar-refractivity contribution in [2.45, 2.75) is 70.1 Å². The van der Waals surface area contributed by atoms with Gasteiger partial charge in [0.25, 0.3) is 0 Å². The van der Waals surface area contributed by atoms with E-state index in [0.29, 0.717) is 17.7 Å². The maximum absolute atomic E-state index is 13.4. The van der Waals surface area contributed by atoms with Gasteiger partial charge in [-0.05, 0) is 30.0 Å². The SMILES string of the molecule is CCC(C)C(NC(=O)C(Cc1cnc[nH]1)NC(=O)C(N)CCC(=O)O)C(=O)NC(Cc1ccc(O)cc1)C(=O)O. The van der Waals surface area contributed by atoms with E-state index in [2.05, 4.69) is 25.9 Å². The number of phenols is 1. The number of rotatable bonds is 16. The second-order valence-electron chi connectivity index (χ2n) is 9.52. The standard InChI is InChI=1S/C26H36N6O8/c1-3-14(2)22(25(38)31-20(26(39)40)10-15-4-6-17(33)7-5-15)32-24(37)19(11-16-12-28-13-29-16)30-23(36)18(27)8-9-21(34)35/h4-7,12-14,18-20,22,33H,3,8-11,27H2,1-2H3,(H,28,29)(H,30,36)(H,31,38)(H,32,37)(H,34,35)(H,39,40). The Morgan fingerprint density at radius 1 is 0.950 bits per heavy atom. The molecule has 0 radical (unpaired) electrons. The number of benzene rings is 1. The zero-order valence-corrected chi connectivity index (χ0v) is 22.3. The Hall–Kier alpha value is -4.46. The van der Waals surface area contributed by atoms with Crippen molar-refractivity contribution in [2.75, 3.05) is 0 Å². The largest absolute Gasteiger partial charge is 0.508 e. The number of hydrogen-bond acceptors (Lipinski definition) is 8. The van der Waals surface area contributed by atoms with Crippen molar-refractivity contribution in [3.8, 4) is 5.75 Å². The van der Waals surface area contributed by atoms with Crippen LogP contribution in [0.25, 0.3) is 0 Å². The number of aromatic hydroxyl groups is 1. The molecular weight excluding hydrogens is 524 g/mol. The molecule has 0 aliphatic rings. The Morgan fingerprint density at radius 3 is 2.15 bits per heavy atom. The number of nitrogens with zero attached hydrogens (tertiary/aromatic N) is 1. The summed E-state index contributed by atoms with van der Waals surface area (Å²) < 4.78 is 0. The summed E-state index contributed by atoms with van der Waals surface area (Å²) in [5, 5.41) is 35.6. The summed E-state index contributed by atoms with van der Waals surface area (Å²) in [6.45, 7) is 3.51. The van der Waals surface area contributed by atoms with Gasteiger partial charge in [0.1, 0.15) is 23.9 Å². The molecule has 3 amide bonds. The van der Waals surface area contributed by atoms with Crippen LogP contribution in [0.1, 0.15) is 44.4 Å². The van der Waals surface area contributed by atoms with Crippen LogP contribution in [0.4, 0.5) is 0 Å². The average molecular weight is 561 g/mol. The molecule has 40 heavy (non-hydrogen) atoms. The molecule has 1 heterocycles. The summed E-state index contributed by atoms with van der Waals surface area (Å²) in [5.41, 5.74) is 6.87. The first-order valence-electron chi connectivity index (χ1n) is 12.8. The minimum atomic E-state index is -1.31. The molecule has 2 aromatic rings. The minimum Gasteiger partial charge on any atom is -0.508 e. The van der Waals surface area contributed by atoms with E-state index in [1.165, 1.54) is 36.8 Å². The number of aromatic nitrogens is 2. The Morgan fingerprint density at radius 2 is 1.60 bits per heavy atom. The van der Waals surface area contributed by atoms with Crippen LogP contribution in [0.5, 0.6) is 5.75 Å². The van der Waals surface area contributed by atoms with Crippen LogP contribution >= 0.6 is 0 Å². The summed E-state index contributed by atoms with van der Waals surface area (Å²) in [7, 11) is 0. The van der Waals surface area contributed by atoms with E-state index in [4.69, 9.17) is 10.8 Å². The zero-order valence-electron chi connectivity index (χ0n) is 22.3. The average Bonchev–Trinajstić information content (AvgIpc) is 3.43. The first-order chi connectivity index (χ1) is 18.9. The lowest BCUT2D eigenvalue weighted by molar-refractivity contribution is -0.142. The Labute approximate surface area is 230 Å². The van der Waals surface area contributed by atoms with Crippen molar-refractivity contribution in [2.24, 2.45) is 11.7 Å². The zero-order chi connectivity index (χ0) is 29.8. The van der Waals surface area contributed by atoms with Crippen LogP contribution < -0.4 is 21.7 Å². The van der Waals surface area contributed by atoms with Gasteiger partial charge in [-0.2, -0.15) is 0 Å². The summed E-state index contributed by atoms with van der Waals surface area (Å²) in [5.74, 6) is -4.99. The van der Waals surface area contributed by atoms with E-state index in [1.807, 2.05) is 0 Å². The molecule has 0 spiro atoms. The molecule has 9 N–H and O–H groups in total. The highest BCUT2D eigenvalue weighted by atomic mass is 16.4. The molecule has 14 heteroatoms. The number of carbonyl (C=O) groups excluding carboxylic acids is 3. The van der Waals surface area contributed by atoms with Crippen LogP contribution in [0, 0.1) is 5.92 Å². The number of carbonyl (C=O) groups is 5. The highest BCUT2D eigenvalue weighted by molar-refractivity contribution is 5.94. The predicted octanol–water partition coefficient (Wildman–Crippen LogP) is -0.322. The van der Waals surface area contributed by atoms with Gasteiger partial charge < -0.3 is 42.0 Å². The van der Waals surface area contributed by atoms with Crippen LogP contribution in [0.3, 0.4) is 0 Å². The Balaban J connectivity index is 2.19. The molecule has 0 saturated carbocycles. The number of nitrogens with two attached hydrogens (primary N) is 1. The van der Waals surface area contributed by atoms with E-state index >= 15 is 0 Å².